The Bertz CT molecular complexity index is 299. The van der Waals surface area contributed by atoms with Gasteiger partial charge in [-0.2, -0.15) is 0 Å². The summed E-state index contributed by atoms with van der Waals surface area (Å²) in [7, 11) is 0. The van der Waals surface area contributed by atoms with Crippen LogP contribution in [0.3, 0.4) is 0 Å². The van der Waals surface area contributed by atoms with Gasteiger partial charge in [0.05, 0.1) is 15.3 Å². The molecule has 0 radical (unpaired) electrons. The number of aromatic nitrogens is 1. The summed E-state index contributed by atoms with van der Waals surface area (Å²) in [5.41, 5.74) is 5.51. The van der Waals surface area contributed by atoms with Crippen molar-refractivity contribution in [3.05, 3.63) is 28.4 Å². The third kappa shape index (κ3) is 3.00. The van der Waals surface area contributed by atoms with Crippen molar-refractivity contribution in [2.75, 3.05) is 0 Å². The number of pyridine rings is 1. The Morgan fingerprint density at radius 2 is 2.38 bits per heavy atom. The molecule has 5 nitrogen and oxygen atoms in total. The molecule has 1 rings (SSSR count). The van der Waals surface area contributed by atoms with Gasteiger partial charge in [-0.15, -0.1) is 0 Å². The summed E-state index contributed by atoms with van der Waals surface area (Å²) < 4.78 is 0. The summed E-state index contributed by atoms with van der Waals surface area (Å²) in [5, 5.41) is 10.9. The van der Waals surface area contributed by atoms with Crippen molar-refractivity contribution in [3.63, 3.8) is 0 Å². The predicted molar refractivity (Wildman–Crippen MR) is 50.4 cm³/mol. The van der Waals surface area contributed by atoms with Crippen molar-refractivity contribution < 1.29 is 4.92 Å². The van der Waals surface area contributed by atoms with Gasteiger partial charge in [-0.25, -0.2) is 4.98 Å². The van der Waals surface area contributed by atoms with Crippen LogP contribution in [-0.4, -0.2) is 15.3 Å². The Kier molecular flexibility index (Phi) is 3.21. The van der Waals surface area contributed by atoms with Crippen LogP contribution >= 0.6 is 11.8 Å². The highest BCUT2D eigenvalue weighted by atomic mass is 32.2. The molecule has 1 aromatic heterocycles. The Hall–Kier alpha value is -1.14. The lowest BCUT2D eigenvalue weighted by Crippen LogP contribution is -2.09. The van der Waals surface area contributed by atoms with E-state index in [1.807, 2.05) is 6.92 Å². The molecule has 0 aliphatic heterocycles. The van der Waals surface area contributed by atoms with E-state index in [0.717, 1.165) is 0 Å². The van der Waals surface area contributed by atoms with Crippen LogP contribution in [0, 0.1) is 10.1 Å². The molecule has 0 saturated carbocycles. The van der Waals surface area contributed by atoms with Crippen LogP contribution in [0.2, 0.25) is 0 Å². The van der Waals surface area contributed by atoms with Gasteiger partial charge in [0, 0.05) is 6.07 Å². The normalized spacial score (nSPS) is 12.5. The molecule has 1 heterocycles. The van der Waals surface area contributed by atoms with Crippen molar-refractivity contribution in [1.29, 1.82) is 0 Å². The molecule has 6 heteroatoms. The van der Waals surface area contributed by atoms with Crippen molar-refractivity contribution in [2.45, 2.75) is 17.3 Å². The quantitative estimate of drug-likeness (QED) is 0.344. The molecule has 13 heavy (non-hydrogen) atoms. The fourth-order valence-corrected chi connectivity index (χ4v) is 1.38. The van der Waals surface area contributed by atoms with E-state index in [9.17, 15) is 10.1 Å². The molecule has 1 unspecified atom stereocenters. The molecule has 2 N–H and O–H groups in total. The standard InChI is InChI=1S/C7H9N3O2S/c1-5(8)13-7-3-2-6(4-9-7)10(11)12/h2-5H,8H2,1H3. The monoisotopic (exact) mass is 199 g/mol. The zero-order chi connectivity index (χ0) is 9.84. The second-order valence-corrected chi connectivity index (χ2v) is 3.83. The van der Waals surface area contributed by atoms with E-state index >= 15 is 0 Å². The van der Waals surface area contributed by atoms with E-state index in [1.165, 1.54) is 24.0 Å². The molecule has 0 bridgehead atoms. The Labute approximate surface area is 79.5 Å². The number of nitrogens with two attached hydrogens (primary N) is 1. The molecule has 0 fully saturated rings. The molecule has 0 amide bonds. The average Bonchev–Trinajstić information content (AvgIpc) is 2.04. The Balaban J connectivity index is 2.75. The summed E-state index contributed by atoms with van der Waals surface area (Å²) >= 11 is 1.36. The van der Waals surface area contributed by atoms with Crippen LogP contribution < -0.4 is 5.73 Å². The van der Waals surface area contributed by atoms with E-state index in [0.29, 0.717) is 5.03 Å². The molecule has 0 spiro atoms. The summed E-state index contributed by atoms with van der Waals surface area (Å²) in [5.74, 6) is 0. The molecule has 1 atom stereocenters. The average molecular weight is 199 g/mol. The maximum absolute atomic E-state index is 10.3. The first-order valence-electron chi connectivity index (χ1n) is 3.62. The fourth-order valence-electron chi connectivity index (χ4n) is 0.741. The van der Waals surface area contributed by atoms with Crippen LogP contribution in [0.1, 0.15) is 6.92 Å². The third-order valence-electron chi connectivity index (χ3n) is 1.24. The molecule has 0 saturated heterocycles. The lowest BCUT2D eigenvalue weighted by Gasteiger charge is -2.02. The van der Waals surface area contributed by atoms with E-state index < -0.39 is 4.92 Å². The van der Waals surface area contributed by atoms with Crippen LogP contribution in [-0.2, 0) is 0 Å². The van der Waals surface area contributed by atoms with Gasteiger partial charge in [-0.05, 0) is 13.0 Å². The van der Waals surface area contributed by atoms with Gasteiger partial charge in [0.1, 0.15) is 6.20 Å². The highest BCUT2D eigenvalue weighted by molar-refractivity contribution is 7.99. The van der Waals surface area contributed by atoms with Gasteiger partial charge < -0.3 is 5.73 Å². The number of nitro groups is 1. The highest BCUT2D eigenvalue weighted by Gasteiger charge is 2.06. The highest BCUT2D eigenvalue weighted by Crippen LogP contribution is 2.19. The van der Waals surface area contributed by atoms with Gasteiger partial charge >= 0.3 is 0 Å². The van der Waals surface area contributed by atoms with E-state index in [1.54, 1.807) is 6.07 Å². The Morgan fingerprint density at radius 3 is 2.77 bits per heavy atom. The SMILES string of the molecule is CC(N)Sc1ccc([N+](=O)[O-])cn1. The number of nitrogens with zero attached hydrogens (tertiary/aromatic N) is 2. The first-order chi connectivity index (χ1) is 6.09. The number of hydrogen-bond acceptors (Lipinski definition) is 5. The molecular weight excluding hydrogens is 190 g/mol. The zero-order valence-corrected chi connectivity index (χ0v) is 7.82. The van der Waals surface area contributed by atoms with Gasteiger partial charge in [0.15, 0.2) is 0 Å². The van der Waals surface area contributed by atoms with Crippen LogP contribution in [0.25, 0.3) is 0 Å². The van der Waals surface area contributed by atoms with Crippen molar-refractivity contribution in [1.82, 2.24) is 4.98 Å². The predicted octanol–water partition coefficient (Wildman–Crippen LogP) is 1.39. The lowest BCUT2D eigenvalue weighted by molar-refractivity contribution is -0.385. The molecular formula is C7H9N3O2S. The molecule has 70 valence electrons. The lowest BCUT2D eigenvalue weighted by atomic mass is 10.4. The second-order valence-electron chi connectivity index (χ2n) is 2.43. The minimum atomic E-state index is -0.479. The van der Waals surface area contributed by atoms with Crippen molar-refractivity contribution in [2.24, 2.45) is 5.73 Å². The first-order valence-corrected chi connectivity index (χ1v) is 4.50. The summed E-state index contributed by atoms with van der Waals surface area (Å²) in [6.45, 7) is 1.83. The second kappa shape index (κ2) is 4.20. The summed E-state index contributed by atoms with van der Waals surface area (Å²) in [4.78, 5) is 13.7. The van der Waals surface area contributed by atoms with Gasteiger partial charge in [0.25, 0.3) is 5.69 Å². The van der Waals surface area contributed by atoms with Gasteiger partial charge in [-0.3, -0.25) is 10.1 Å². The molecule has 0 aliphatic rings. The van der Waals surface area contributed by atoms with Gasteiger partial charge in [0.2, 0.25) is 0 Å². The van der Waals surface area contributed by atoms with E-state index in [2.05, 4.69) is 4.98 Å². The summed E-state index contributed by atoms with van der Waals surface area (Å²) in [6.07, 6.45) is 1.23. The van der Waals surface area contributed by atoms with Crippen molar-refractivity contribution >= 4 is 17.4 Å². The van der Waals surface area contributed by atoms with Crippen LogP contribution in [0.15, 0.2) is 23.4 Å². The van der Waals surface area contributed by atoms with Crippen LogP contribution in [0.5, 0.6) is 0 Å². The van der Waals surface area contributed by atoms with Crippen LogP contribution in [0.4, 0.5) is 5.69 Å². The summed E-state index contributed by atoms with van der Waals surface area (Å²) in [6, 6.07) is 3.00. The smallest absolute Gasteiger partial charge is 0.287 e. The minimum Gasteiger partial charge on any atom is -0.319 e. The number of hydrogen-bond donors (Lipinski definition) is 1. The minimum absolute atomic E-state index is 0.00553. The number of rotatable bonds is 3. The zero-order valence-electron chi connectivity index (χ0n) is 7.01. The maximum Gasteiger partial charge on any atom is 0.287 e. The Morgan fingerprint density at radius 1 is 1.69 bits per heavy atom. The third-order valence-corrected chi connectivity index (χ3v) is 2.09. The fraction of sp³-hybridized carbons (Fsp3) is 0.286. The first kappa shape index (κ1) is 9.94. The topological polar surface area (TPSA) is 82.0 Å². The van der Waals surface area contributed by atoms with Crippen molar-refractivity contribution in [3.8, 4) is 0 Å². The molecule has 0 aliphatic carbocycles. The number of thioether (sulfide) groups is 1. The van der Waals surface area contributed by atoms with E-state index in [-0.39, 0.29) is 11.1 Å². The molecule has 1 aromatic rings. The largest absolute Gasteiger partial charge is 0.319 e. The maximum atomic E-state index is 10.3. The van der Waals surface area contributed by atoms with E-state index in [4.69, 9.17) is 5.73 Å². The van der Waals surface area contributed by atoms with Gasteiger partial charge in [-0.1, -0.05) is 11.8 Å². The molecule has 0 aromatic carbocycles.